The predicted octanol–water partition coefficient (Wildman–Crippen LogP) is 15.3. The van der Waals surface area contributed by atoms with Gasteiger partial charge in [0.05, 0.1) is 33.6 Å². The molecule has 3 aromatic heterocycles. The Morgan fingerprint density at radius 3 is 1.52 bits per heavy atom. The molecule has 63 heavy (non-hydrogen) atoms. The molecule has 0 bridgehead atoms. The van der Waals surface area contributed by atoms with E-state index in [1.807, 2.05) is 12.1 Å². The molecule has 12 rings (SSSR count). The first-order valence-electron chi connectivity index (χ1n) is 21.3. The Balaban J connectivity index is 0.993. The molecule has 4 heteroatoms. The van der Waals surface area contributed by atoms with E-state index in [1.54, 1.807) is 0 Å². The van der Waals surface area contributed by atoms with E-state index in [-0.39, 0.29) is 0 Å². The van der Waals surface area contributed by atoms with Gasteiger partial charge < -0.3 is 4.57 Å². The van der Waals surface area contributed by atoms with Crippen LogP contribution in [0.4, 0.5) is 0 Å². The van der Waals surface area contributed by atoms with E-state index in [0.717, 1.165) is 83.6 Å². The lowest BCUT2D eigenvalue weighted by Gasteiger charge is -2.14. The highest BCUT2D eigenvalue weighted by Crippen LogP contribution is 2.39. The average Bonchev–Trinajstić information content (AvgIpc) is 3.71. The van der Waals surface area contributed by atoms with E-state index in [0.29, 0.717) is 5.82 Å². The maximum Gasteiger partial charge on any atom is 0.160 e. The summed E-state index contributed by atoms with van der Waals surface area (Å²) in [5.74, 6) is 0.672. The molecule has 3 heterocycles. The van der Waals surface area contributed by atoms with Crippen LogP contribution in [0.5, 0.6) is 0 Å². The van der Waals surface area contributed by atoms with Gasteiger partial charge in [0.25, 0.3) is 0 Å². The van der Waals surface area contributed by atoms with Gasteiger partial charge in [-0.1, -0.05) is 176 Å². The smallest absolute Gasteiger partial charge is 0.160 e. The minimum absolute atomic E-state index is 0.672. The van der Waals surface area contributed by atoms with Crippen LogP contribution in [-0.4, -0.2) is 19.5 Å². The van der Waals surface area contributed by atoms with Crippen LogP contribution in [0.15, 0.2) is 231 Å². The molecule has 0 aliphatic heterocycles. The van der Waals surface area contributed by atoms with Crippen LogP contribution in [0.3, 0.4) is 0 Å². The van der Waals surface area contributed by atoms with Gasteiger partial charge >= 0.3 is 0 Å². The fourth-order valence-corrected chi connectivity index (χ4v) is 9.16. The number of rotatable bonds is 7. The fraction of sp³-hybridized carbons (Fsp3) is 0. The van der Waals surface area contributed by atoms with Crippen molar-refractivity contribution in [2.24, 2.45) is 0 Å². The molecule has 0 aliphatic carbocycles. The van der Waals surface area contributed by atoms with Crippen molar-refractivity contribution in [1.82, 2.24) is 19.5 Å². The maximum atomic E-state index is 5.32. The van der Waals surface area contributed by atoms with Crippen LogP contribution in [0.25, 0.3) is 117 Å². The van der Waals surface area contributed by atoms with Crippen LogP contribution < -0.4 is 0 Å². The van der Waals surface area contributed by atoms with E-state index in [4.69, 9.17) is 15.0 Å². The Morgan fingerprint density at radius 1 is 0.302 bits per heavy atom. The summed E-state index contributed by atoms with van der Waals surface area (Å²) in [6.07, 6.45) is 0. The first-order valence-corrected chi connectivity index (χ1v) is 21.3. The number of benzene rings is 9. The van der Waals surface area contributed by atoms with Gasteiger partial charge in [0.1, 0.15) is 0 Å². The lowest BCUT2D eigenvalue weighted by Crippen LogP contribution is -1.98. The molecule has 0 atom stereocenters. The molecule has 0 spiro atoms. The summed E-state index contributed by atoms with van der Waals surface area (Å²) in [5.41, 5.74) is 15.7. The van der Waals surface area contributed by atoms with Gasteiger partial charge in [-0.3, -0.25) is 0 Å². The second-order valence-electron chi connectivity index (χ2n) is 16.0. The molecule has 0 N–H and O–H groups in total. The number of pyridine rings is 1. The molecular weight excluding hydrogens is 765 g/mol. The zero-order valence-corrected chi connectivity index (χ0v) is 34.2. The van der Waals surface area contributed by atoms with Gasteiger partial charge in [0, 0.05) is 44.1 Å². The Morgan fingerprint density at radius 2 is 0.825 bits per heavy atom. The van der Waals surface area contributed by atoms with Gasteiger partial charge in [-0.25, -0.2) is 15.0 Å². The van der Waals surface area contributed by atoms with E-state index < -0.39 is 0 Å². The highest BCUT2D eigenvalue weighted by Gasteiger charge is 2.17. The Kier molecular flexibility index (Phi) is 8.79. The van der Waals surface area contributed by atoms with Crippen molar-refractivity contribution >= 4 is 43.5 Å². The highest BCUT2D eigenvalue weighted by molar-refractivity contribution is 6.15. The third kappa shape index (κ3) is 6.53. The normalized spacial score (nSPS) is 11.5. The van der Waals surface area contributed by atoms with E-state index in [2.05, 4.69) is 223 Å². The summed E-state index contributed by atoms with van der Waals surface area (Å²) in [5, 5.41) is 5.94. The monoisotopic (exact) mass is 802 g/mol. The summed E-state index contributed by atoms with van der Waals surface area (Å²) in [6.45, 7) is 0. The quantitative estimate of drug-likeness (QED) is 0.151. The summed E-state index contributed by atoms with van der Waals surface area (Å²) >= 11 is 0. The lowest BCUT2D eigenvalue weighted by atomic mass is 9.92. The molecule has 294 valence electrons. The van der Waals surface area contributed by atoms with Gasteiger partial charge in [-0.05, 0) is 87.6 Å². The van der Waals surface area contributed by atoms with Crippen molar-refractivity contribution in [1.29, 1.82) is 0 Å². The minimum atomic E-state index is 0.672. The van der Waals surface area contributed by atoms with Gasteiger partial charge in [-0.2, -0.15) is 0 Å². The van der Waals surface area contributed by atoms with Crippen molar-refractivity contribution in [2.45, 2.75) is 0 Å². The van der Waals surface area contributed by atoms with Crippen LogP contribution in [0.1, 0.15) is 0 Å². The number of hydrogen-bond acceptors (Lipinski definition) is 3. The molecular formula is C59H38N4. The van der Waals surface area contributed by atoms with E-state index in [1.165, 1.54) is 27.2 Å². The molecule has 0 fully saturated rings. The number of nitrogens with zero attached hydrogens (tertiary/aromatic N) is 4. The van der Waals surface area contributed by atoms with Crippen molar-refractivity contribution in [3.8, 4) is 73.1 Å². The Bertz CT molecular complexity index is 3620. The molecule has 12 aromatic rings. The second-order valence-corrected chi connectivity index (χ2v) is 16.0. The maximum absolute atomic E-state index is 5.32. The summed E-state index contributed by atoms with van der Waals surface area (Å²) in [7, 11) is 0. The Labute approximate surface area is 365 Å². The van der Waals surface area contributed by atoms with Crippen molar-refractivity contribution < 1.29 is 0 Å². The third-order valence-corrected chi connectivity index (χ3v) is 12.2. The topological polar surface area (TPSA) is 43.6 Å². The second kappa shape index (κ2) is 15.2. The molecule has 0 aliphatic rings. The van der Waals surface area contributed by atoms with Crippen molar-refractivity contribution in [3.05, 3.63) is 231 Å². The van der Waals surface area contributed by atoms with Gasteiger partial charge in [0.15, 0.2) is 5.82 Å². The van der Waals surface area contributed by atoms with Crippen LogP contribution in [0, 0.1) is 0 Å². The number of aromatic nitrogens is 4. The van der Waals surface area contributed by atoms with Crippen LogP contribution in [0.2, 0.25) is 0 Å². The molecule has 0 unspecified atom stereocenters. The summed E-state index contributed by atoms with van der Waals surface area (Å²) in [4.78, 5) is 15.8. The standard InChI is InChI=1S/C59H38N4/c1-4-16-39(17-5-1)51-37-53(41-18-6-2-7-19-41)60-52-33-32-40-30-31-44(36-50(40)58(51)52)43-22-14-24-46(34-43)59-61-54(42-20-8-3-9-21-42)38-55(62-59)45-23-15-25-47(35-45)63-56-28-12-10-26-48(56)49-27-11-13-29-57(49)63/h1-38H. The highest BCUT2D eigenvalue weighted by atomic mass is 15.0. The van der Waals surface area contributed by atoms with Crippen LogP contribution in [-0.2, 0) is 0 Å². The number of fused-ring (bicyclic) bond motifs is 6. The zero-order valence-electron chi connectivity index (χ0n) is 34.2. The molecule has 0 radical (unpaired) electrons. The average molecular weight is 803 g/mol. The molecule has 0 saturated carbocycles. The first kappa shape index (κ1) is 36.4. The van der Waals surface area contributed by atoms with E-state index in [9.17, 15) is 0 Å². The summed E-state index contributed by atoms with van der Waals surface area (Å²) in [6, 6.07) is 81.5. The number of para-hydroxylation sites is 2. The molecule has 0 amide bonds. The molecule has 9 aromatic carbocycles. The predicted molar refractivity (Wildman–Crippen MR) is 262 cm³/mol. The van der Waals surface area contributed by atoms with Crippen LogP contribution >= 0.6 is 0 Å². The first-order chi connectivity index (χ1) is 31.2. The van der Waals surface area contributed by atoms with Crippen molar-refractivity contribution in [2.75, 3.05) is 0 Å². The van der Waals surface area contributed by atoms with Gasteiger partial charge in [0.2, 0.25) is 0 Å². The van der Waals surface area contributed by atoms with Crippen molar-refractivity contribution in [3.63, 3.8) is 0 Å². The number of hydrogen-bond donors (Lipinski definition) is 0. The third-order valence-electron chi connectivity index (χ3n) is 12.2. The largest absolute Gasteiger partial charge is 0.309 e. The molecule has 4 nitrogen and oxygen atoms in total. The lowest BCUT2D eigenvalue weighted by molar-refractivity contribution is 1.16. The zero-order chi connectivity index (χ0) is 41.7. The summed E-state index contributed by atoms with van der Waals surface area (Å²) < 4.78 is 2.35. The SMILES string of the molecule is c1ccc(-c2cc(-c3cccc(-n4c5ccccc5c5ccccc54)c3)nc(-c3cccc(-c4ccc5ccc6nc(-c7ccccc7)cc(-c7ccccc7)c6c5c4)c3)n2)cc1. The molecule has 0 saturated heterocycles. The Hall–Kier alpha value is -8.47. The fourth-order valence-electron chi connectivity index (χ4n) is 9.16. The minimum Gasteiger partial charge on any atom is -0.309 e. The van der Waals surface area contributed by atoms with Gasteiger partial charge in [-0.15, -0.1) is 0 Å². The van der Waals surface area contributed by atoms with E-state index >= 15 is 0 Å².